The predicted molar refractivity (Wildman–Crippen MR) is 92.8 cm³/mol. The van der Waals surface area contributed by atoms with E-state index in [-0.39, 0.29) is 16.8 Å². The zero-order valence-electron chi connectivity index (χ0n) is 14.9. The zero-order chi connectivity index (χ0) is 18.2. The maximum absolute atomic E-state index is 12.4. The molecule has 1 aromatic heterocycles. The van der Waals surface area contributed by atoms with Crippen molar-refractivity contribution in [2.45, 2.75) is 39.2 Å². The van der Waals surface area contributed by atoms with Crippen LogP contribution in [0.2, 0.25) is 0 Å². The number of carbonyl (C=O) groups excluding carboxylic acids is 1. The second-order valence-electron chi connectivity index (χ2n) is 7.89. The van der Waals surface area contributed by atoms with Gasteiger partial charge in [-0.3, -0.25) is 10.1 Å². The van der Waals surface area contributed by atoms with E-state index >= 15 is 0 Å². The molecule has 2 saturated heterocycles. The number of nitro groups is 1. The quantitative estimate of drug-likeness (QED) is 0.507. The van der Waals surface area contributed by atoms with Crippen molar-refractivity contribution < 1.29 is 14.5 Å². The van der Waals surface area contributed by atoms with Gasteiger partial charge in [0.25, 0.3) is 0 Å². The van der Waals surface area contributed by atoms with Crippen molar-refractivity contribution in [3.8, 4) is 0 Å². The molecule has 0 amide bonds. The summed E-state index contributed by atoms with van der Waals surface area (Å²) in [6, 6.07) is 2.97. The fourth-order valence-corrected chi connectivity index (χ4v) is 3.52. The SMILES string of the molecule is CC(C)(C)OC(=O)c1nc(N2CC[C@@]3(CCNC3)C2)ccc1[N+](=O)[O-]. The predicted octanol–water partition coefficient (Wildman–Crippen LogP) is 2.13. The van der Waals surface area contributed by atoms with Gasteiger partial charge >= 0.3 is 11.7 Å². The molecule has 0 aliphatic carbocycles. The van der Waals surface area contributed by atoms with Crippen LogP contribution in [0.3, 0.4) is 0 Å². The molecule has 2 aliphatic rings. The molecule has 0 saturated carbocycles. The van der Waals surface area contributed by atoms with Crippen LogP contribution in [0.1, 0.15) is 44.1 Å². The van der Waals surface area contributed by atoms with Crippen LogP contribution in [0.4, 0.5) is 11.5 Å². The molecule has 2 aliphatic heterocycles. The number of hydrogen-bond donors (Lipinski definition) is 1. The number of pyridine rings is 1. The van der Waals surface area contributed by atoms with Crippen molar-refractivity contribution in [1.29, 1.82) is 0 Å². The molecule has 0 bridgehead atoms. The number of aromatic nitrogens is 1. The number of nitrogens with one attached hydrogen (secondary N) is 1. The van der Waals surface area contributed by atoms with Crippen LogP contribution in [0, 0.1) is 15.5 Å². The molecule has 8 heteroatoms. The van der Waals surface area contributed by atoms with Gasteiger partial charge in [0, 0.05) is 31.1 Å². The first kappa shape index (κ1) is 17.6. The summed E-state index contributed by atoms with van der Waals surface area (Å²) in [6.07, 6.45) is 2.18. The number of ether oxygens (including phenoxy) is 1. The van der Waals surface area contributed by atoms with Gasteiger partial charge in [-0.15, -0.1) is 0 Å². The van der Waals surface area contributed by atoms with Gasteiger partial charge in [-0.05, 0) is 46.2 Å². The van der Waals surface area contributed by atoms with Crippen molar-refractivity contribution in [1.82, 2.24) is 10.3 Å². The number of esters is 1. The third kappa shape index (κ3) is 3.73. The average molecular weight is 348 g/mol. The molecule has 0 aromatic carbocycles. The minimum Gasteiger partial charge on any atom is -0.455 e. The van der Waals surface area contributed by atoms with Crippen LogP contribution >= 0.6 is 0 Å². The lowest BCUT2D eigenvalue weighted by Crippen LogP contribution is -2.30. The molecule has 1 atom stereocenters. The number of rotatable bonds is 3. The summed E-state index contributed by atoms with van der Waals surface area (Å²) in [5, 5.41) is 14.7. The lowest BCUT2D eigenvalue weighted by Gasteiger charge is -2.24. The molecule has 0 radical (unpaired) electrons. The lowest BCUT2D eigenvalue weighted by molar-refractivity contribution is -0.385. The maximum Gasteiger partial charge on any atom is 0.364 e. The molecule has 8 nitrogen and oxygen atoms in total. The highest BCUT2D eigenvalue weighted by Gasteiger charge is 2.41. The summed E-state index contributed by atoms with van der Waals surface area (Å²) in [6.45, 7) is 8.84. The van der Waals surface area contributed by atoms with Crippen molar-refractivity contribution in [3.63, 3.8) is 0 Å². The summed E-state index contributed by atoms with van der Waals surface area (Å²) in [7, 11) is 0. The molecular weight excluding hydrogens is 324 g/mol. The molecule has 3 rings (SSSR count). The fourth-order valence-electron chi connectivity index (χ4n) is 3.52. The van der Waals surface area contributed by atoms with Gasteiger partial charge < -0.3 is 15.0 Å². The number of nitrogens with zero attached hydrogens (tertiary/aromatic N) is 3. The Morgan fingerprint density at radius 1 is 1.40 bits per heavy atom. The van der Waals surface area contributed by atoms with Crippen molar-refractivity contribution in [3.05, 3.63) is 27.9 Å². The van der Waals surface area contributed by atoms with Gasteiger partial charge in [-0.25, -0.2) is 9.78 Å². The standard InChI is InChI=1S/C17H24N4O4/c1-16(2,3)25-15(22)14-12(21(23)24)4-5-13(19-14)20-9-7-17(11-20)6-8-18-10-17/h4-5,18H,6-11H2,1-3H3/t17-/m1/s1. The van der Waals surface area contributed by atoms with Crippen LogP contribution in [-0.4, -0.2) is 47.7 Å². The van der Waals surface area contributed by atoms with Gasteiger partial charge in [-0.1, -0.05) is 0 Å². The Bertz CT molecular complexity index is 692. The van der Waals surface area contributed by atoms with Crippen LogP contribution in [0.25, 0.3) is 0 Å². The first-order valence-corrected chi connectivity index (χ1v) is 8.54. The van der Waals surface area contributed by atoms with E-state index < -0.39 is 16.5 Å². The Hall–Kier alpha value is -2.22. The number of anilines is 1. The van der Waals surface area contributed by atoms with E-state index in [1.807, 2.05) is 0 Å². The smallest absolute Gasteiger partial charge is 0.364 e. The molecule has 0 unspecified atom stereocenters. The Kier molecular flexibility index (Phi) is 4.40. The minimum atomic E-state index is -0.766. The van der Waals surface area contributed by atoms with E-state index in [1.165, 1.54) is 6.07 Å². The van der Waals surface area contributed by atoms with E-state index in [4.69, 9.17) is 4.74 Å². The van der Waals surface area contributed by atoms with Crippen molar-refractivity contribution in [2.24, 2.45) is 5.41 Å². The summed E-state index contributed by atoms with van der Waals surface area (Å²) in [5.41, 5.74) is -1.05. The first-order valence-electron chi connectivity index (χ1n) is 8.54. The van der Waals surface area contributed by atoms with E-state index in [2.05, 4.69) is 15.2 Å². The van der Waals surface area contributed by atoms with E-state index in [1.54, 1.807) is 26.8 Å². The lowest BCUT2D eigenvalue weighted by atomic mass is 9.87. The molecule has 25 heavy (non-hydrogen) atoms. The van der Waals surface area contributed by atoms with Gasteiger partial charge in [0.2, 0.25) is 5.69 Å². The maximum atomic E-state index is 12.4. The highest BCUT2D eigenvalue weighted by molar-refractivity contribution is 5.92. The third-order valence-electron chi connectivity index (χ3n) is 4.74. The average Bonchev–Trinajstić information content (AvgIpc) is 3.15. The van der Waals surface area contributed by atoms with Crippen LogP contribution < -0.4 is 10.2 Å². The monoisotopic (exact) mass is 348 g/mol. The van der Waals surface area contributed by atoms with Crippen LogP contribution in [0.15, 0.2) is 12.1 Å². The van der Waals surface area contributed by atoms with Gasteiger partial charge in [0.1, 0.15) is 11.4 Å². The topological polar surface area (TPSA) is 97.6 Å². The number of carbonyl (C=O) groups is 1. The van der Waals surface area contributed by atoms with Crippen molar-refractivity contribution in [2.75, 3.05) is 31.1 Å². The summed E-state index contributed by atoms with van der Waals surface area (Å²) in [4.78, 5) is 29.5. The highest BCUT2D eigenvalue weighted by Crippen LogP contribution is 2.38. The molecular formula is C17H24N4O4. The van der Waals surface area contributed by atoms with E-state index in [0.29, 0.717) is 5.82 Å². The second kappa shape index (κ2) is 6.25. The number of hydrogen-bond acceptors (Lipinski definition) is 7. The summed E-state index contributed by atoms with van der Waals surface area (Å²) < 4.78 is 5.29. The van der Waals surface area contributed by atoms with E-state index in [9.17, 15) is 14.9 Å². The normalized spacial score (nSPS) is 23.2. The molecule has 3 heterocycles. The molecule has 1 spiro atoms. The van der Waals surface area contributed by atoms with Gasteiger partial charge in [0.15, 0.2) is 0 Å². The molecule has 136 valence electrons. The molecule has 2 fully saturated rings. The van der Waals surface area contributed by atoms with Gasteiger partial charge in [0.05, 0.1) is 4.92 Å². The largest absolute Gasteiger partial charge is 0.455 e. The Morgan fingerprint density at radius 3 is 2.76 bits per heavy atom. The third-order valence-corrected chi connectivity index (χ3v) is 4.74. The molecule has 1 N–H and O–H groups in total. The fraction of sp³-hybridized carbons (Fsp3) is 0.647. The molecule has 1 aromatic rings. The minimum absolute atomic E-state index is 0.233. The Morgan fingerprint density at radius 2 is 2.16 bits per heavy atom. The van der Waals surface area contributed by atoms with Crippen molar-refractivity contribution >= 4 is 17.5 Å². The highest BCUT2D eigenvalue weighted by atomic mass is 16.6. The summed E-state index contributed by atoms with van der Waals surface area (Å²) in [5.74, 6) is -0.173. The van der Waals surface area contributed by atoms with E-state index in [0.717, 1.165) is 39.0 Å². The zero-order valence-corrected chi connectivity index (χ0v) is 14.9. The van der Waals surface area contributed by atoms with Crippen LogP contribution in [0.5, 0.6) is 0 Å². The Labute approximate surface area is 146 Å². The summed E-state index contributed by atoms with van der Waals surface area (Å²) >= 11 is 0. The second-order valence-corrected chi connectivity index (χ2v) is 7.89. The first-order chi connectivity index (χ1) is 11.7. The van der Waals surface area contributed by atoms with Crippen LogP contribution in [-0.2, 0) is 4.74 Å². The Balaban J connectivity index is 1.88. The van der Waals surface area contributed by atoms with Gasteiger partial charge in [-0.2, -0.15) is 0 Å².